The van der Waals surface area contributed by atoms with E-state index >= 15 is 0 Å². The van der Waals surface area contributed by atoms with Gasteiger partial charge < -0.3 is 10.2 Å². The molecule has 7 nitrogen and oxygen atoms in total. The number of rotatable bonds is 10. The average Bonchev–Trinajstić information content (AvgIpc) is 2.78. The summed E-state index contributed by atoms with van der Waals surface area (Å²) in [5, 5.41) is 2.70. The number of carbonyl (C=O) groups excluding carboxylic acids is 2. The smallest absolute Gasteiger partial charge is 0.354 e. The Kier molecular flexibility index (Phi) is 9.47. The van der Waals surface area contributed by atoms with Crippen LogP contribution >= 0.6 is 0 Å². The molecule has 0 saturated heterocycles. The largest absolute Gasteiger partial charge is 0.416 e. The van der Waals surface area contributed by atoms with Gasteiger partial charge in [0.05, 0.1) is 17.5 Å². The van der Waals surface area contributed by atoms with E-state index in [2.05, 4.69) is 5.32 Å². The van der Waals surface area contributed by atoms with Crippen molar-refractivity contribution in [2.24, 2.45) is 5.92 Å². The van der Waals surface area contributed by atoms with E-state index in [1.165, 1.54) is 31.2 Å². The van der Waals surface area contributed by atoms with Crippen LogP contribution in [0, 0.1) is 11.7 Å². The molecule has 36 heavy (non-hydrogen) atoms. The SMILES string of the molecule is CC(C)CNC(=O)[C@H](C)N(Cc1ccc(F)cc1)C(=O)CN(c1cccc(C(F)(F)F)c1)S(C)(=O)=O. The molecule has 0 aliphatic heterocycles. The number of nitrogens with zero attached hydrogens (tertiary/aromatic N) is 2. The molecule has 2 amide bonds. The lowest BCUT2D eigenvalue weighted by atomic mass is 10.1. The standard InChI is InChI=1S/C24H29F4N3O4S/c1-16(2)13-29-23(33)17(3)30(14-18-8-10-20(25)11-9-18)22(32)15-31(36(4,34)35)21-7-5-6-19(12-21)24(26,27)28/h5-12,16-17H,13-15H2,1-4H3,(H,29,33)/t17-/m0/s1. The lowest BCUT2D eigenvalue weighted by Gasteiger charge is -2.31. The summed E-state index contributed by atoms with van der Waals surface area (Å²) >= 11 is 0. The van der Waals surface area contributed by atoms with Crippen molar-refractivity contribution in [2.75, 3.05) is 23.7 Å². The highest BCUT2D eigenvalue weighted by Crippen LogP contribution is 2.32. The van der Waals surface area contributed by atoms with Crippen LogP contribution in [0.5, 0.6) is 0 Å². The van der Waals surface area contributed by atoms with Crippen LogP contribution in [0.1, 0.15) is 31.9 Å². The van der Waals surface area contributed by atoms with Crippen molar-refractivity contribution in [3.63, 3.8) is 0 Å². The summed E-state index contributed by atoms with van der Waals surface area (Å²) in [6, 6.07) is 7.73. The second kappa shape index (κ2) is 11.7. The summed E-state index contributed by atoms with van der Waals surface area (Å²) < 4.78 is 78.5. The lowest BCUT2D eigenvalue weighted by molar-refractivity contribution is -0.139. The van der Waals surface area contributed by atoms with Gasteiger partial charge in [-0.2, -0.15) is 13.2 Å². The van der Waals surface area contributed by atoms with Crippen molar-refractivity contribution < 1.29 is 35.6 Å². The lowest BCUT2D eigenvalue weighted by Crippen LogP contribution is -2.51. The topological polar surface area (TPSA) is 86.8 Å². The maximum absolute atomic E-state index is 13.4. The average molecular weight is 532 g/mol. The fourth-order valence-corrected chi connectivity index (χ4v) is 4.11. The van der Waals surface area contributed by atoms with Gasteiger partial charge in [0.15, 0.2) is 0 Å². The Hall–Kier alpha value is -3.15. The van der Waals surface area contributed by atoms with E-state index in [0.717, 1.165) is 29.4 Å². The monoisotopic (exact) mass is 531 g/mol. The number of hydrogen-bond donors (Lipinski definition) is 1. The third-order valence-electron chi connectivity index (χ3n) is 5.26. The van der Waals surface area contributed by atoms with Crippen molar-refractivity contribution in [2.45, 2.75) is 39.5 Å². The molecule has 0 bridgehead atoms. The Morgan fingerprint density at radius 1 is 1.03 bits per heavy atom. The number of halogens is 4. The first kappa shape index (κ1) is 29.1. The number of nitrogens with one attached hydrogen (secondary N) is 1. The highest BCUT2D eigenvalue weighted by molar-refractivity contribution is 7.92. The van der Waals surface area contributed by atoms with Crippen LogP contribution in [0.2, 0.25) is 0 Å². The predicted molar refractivity (Wildman–Crippen MR) is 128 cm³/mol. The quantitative estimate of drug-likeness (QED) is 0.473. The Bertz CT molecular complexity index is 1170. The van der Waals surface area contributed by atoms with Crippen molar-refractivity contribution in [3.8, 4) is 0 Å². The molecule has 1 atom stereocenters. The molecular formula is C24H29F4N3O4S. The zero-order valence-corrected chi connectivity index (χ0v) is 21.2. The molecule has 1 N–H and O–H groups in total. The van der Waals surface area contributed by atoms with Gasteiger partial charge in [0, 0.05) is 13.1 Å². The number of carbonyl (C=O) groups is 2. The zero-order chi connectivity index (χ0) is 27.3. The van der Waals surface area contributed by atoms with Crippen LogP contribution in [-0.4, -0.2) is 50.5 Å². The Morgan fingerprint density at radius 3 is 2.17 bits per heavy atom. The van der Waals surface area contributed by atoms with E-state index in [4.69, 9.17) is 0 Å². The summed E-state index contributed by atoms with van der Waals surface area (Å²) in [5.41, 5.74) is -0.955. The van der Waals surface area contributed by atoms with Gasteiger partial charge >= 0.3 is 6.18 Å². The first-order chi connectivity index (χ1) is 16.6. The second-order valence-electron chi connectivity index (χ2n) is 8.78. The normalized spacial score (nSPS) is 12.8. The number of benzene rings is 2. The maximum Gasteiger partial charge on any atom is 0.416 e. The molecule has 0 radical (unpaired) electrons. The van der Waals surface area contributed by atoms with Crippen LogP contribution in [0.25, 0.3) is 0 Å². The molecule has 0 heterocycles. The molecular weight excluding hydrogens is 502 g/mol. The maximum atomic E-state index is 13.4. The molecule has 0 aliphatic carbocycles. The van der Waals surface area contributed by atoms with Crippen molar-refractivity contribution in [3.05, 3.63) is 65.5 Å². The molecule has 2 rings (SSSR count). The number of sulfonamides is 1. The molecule has 12 heteroatoms. The predicted octanol–water partition coefficient (Wildman–Crippen LogP) is 3.80. The Labute approximate surface area is 208 Å². The van der Waals surface area contributed by atoms with Crippen LogP contribution in [0.15, 0.2) is 48.5 Å². The minimum Gasteiger partial charge on any atom is -0.354 e. The van der Waals surface area contributed by atoms with Gasteiger partial charge in [0.1, 0.15) is 18.4 Å². The van der Waals surface area contributed by atoms with Gasteiger partial charge in [-0.15, -0.1) is 0 Å². The van der Waals surface area contributed by atoms with Crippen molar-refractivity contribution in [1.82, 2.24) is 10.2 Å². The molecule has 0 unspecified atom stereocenters. The Morgan fingerprint density at radius 2 is 1.64 bits per heavy atom. The van der Waals surface area contributed by atoms with Gasteiger partial charge in [0.25, 0.3) is 0 Å². The van der Waals surface area contributed by atoms with Gasteiger partial charge in [-0.25, -0.2) is 12.8 Å². The molecule has 198 valence electrons. The third kappa shape index (κ3) is 8.21. The molecule has 0 spiro atoms. The fourth-order valence-electron chi connectivity index (χ4n) is 3.27. The molecule has 0 aromatic heterocycles. The summed E-state index contributed by atoms with van der Waals surface area (Å²) in [6.07, 6.45) is -3.95. The second-order valence-corrected chi connectivity index (χ2v) is 10.7. The van der Waals surface area contributed by atoms with Crippen LogP contribution in [-0.2, 0) is 32.3 Å². The van der Waals surface area contributed by atoms with Crippen molar-refractivity contribution >= 4 is 27.5 Å². The third-order valence-corrected chi connectivity index (χ3v) is 6.40. The highest BCUT2D eigenvalue weighted by Gasteiger charge is 2.33. The molecule has 2 aromatic rings. The van der Waals surface area contributed by atoms with E-state index in [9.17, 15) is 35.6 Å². The van der Waals surface area contributed by atoms with E-state index in [1.54, 1.807) is 0 Å². The number of anilines is 1. The van der Waals surface area contributed by atoms with E-state index in [1.807, 2.05) is 13.8 Å². The molecule has 0 saturated carbocycles. The summed E-state index contributed by atoms with van der Waals surface area (Å²) in [7, 11) is -4.19. The van der Waals surface area contributed by atoms with E-state index < -0.39 is 52.0 Å². The van der Waals surface area contributed by atoms with Gasteiger partial charge in [-0.1, -0.05) is 32.0 Å². The van der Waals surface area contributed by atoms with Gasteiger partial charge in [-0.05, 0) is 48.7 Å². The number of alkyl halides is 3. The number of amides is 2. The molecule has 0 aliphatic rings. The van der Waals surface area contributed by atoms with Crippen LogP contribution in [0.3, 0.4) is 0 Å². The fraction of sp³-hybridized carbons (Fsp3) is 0.417. The summed E-state index contributed by atoms with van der Waals surface area (Å²) in [5.74, 6) is -1.70. The Balaban J connectivity index is 2.41. The van der Waals surface area contributed by atoms with Gasteiger partial charge in [-0.3, -0.25) is 13.9 Å². The molecule has 0 fully saturated rings. The zero-order valence-electron chi connectivity index (χ0n) is 20.3. The minimum atomic E-state index is -4.72. The molecule has 2 aromatic carbocycles. The first-order valence-electron chi connectivity index (χ1n) is 11.1. The highest BCUT2D eigenvalue weighted by atomic mass is 32.2. The first-order valence-corrected chi connectivity index (χ1v) is 12.9. The van der Waals surface area contributed by atoms with Gasteiger partial charge in [0.2, 0.25) is 21.8 Å². The van der Waals surface area contributed by atoms with E-state index in [-0.39, 0.29) is 18.2 Å². The summed E-state index contributed by atoms with van der Waals surface area (Å²) in [6.45, 7) is 4.54. The van der Waals surface area contributed by atoms with Crippen LogP contribution in [0.4, 0.5) is 23.2 Å². The van der Waals surface area contributed by atoms with E-state index in [0.29, 0.717) is 22.5 Å². The minimum absolute atomic E-state index is 0.129. The van der Waals surface area contributed by atoms with Crippen LogP contribution < -0.4 is 9.62 Å². The summed E-state index contributed by atoms with van der Waals surface area (Å²) in [4.78, 5) is 27.2. The number of hydrogen-bond acceptors (Lipinski definition) is 4. The van der Waals surface area contributed by atoms with Crippen molar-refractivity contribution in [1.29, 1.82) is 0 Å².